The van der Waals surface area contributed by atoms with Gasteiger partial charge in [0.25, 0.3) is 5.91 Å². The molecule has 1 amide bonds. The van der Waals surface area contributed by atoms with E-state index in [0.29, 0.717) is 6.54 Å². The standard InChI is InChI=1S/C21H23N5O/c1-12-19(26-21(2)8-4-9-21)25-18-13(5-3-6-16(18)23-12)17-11-14-15(24-17)7-10-22-20(14)27/h3,5-6,11,24H,4,7-10H2,1-2H3,(H,22,27)(H,25,26). The first kappa shape index (κ1) is 16.3. The van der Waals surface area contributed by atoms with E-state index < -0.39 is 0 Å². The van der Waals surface area contributed by atoms with E-state index in [0.717, 1.165) is 64.3 Å². The molecule has 5 rings (SSSR count). The number of rotatable bonds is 3. The molecule has 1 fully saturated rings. The second-order valence-corrected chi connectivity index (χ2v) is 7.95. The third-order valence-electron chi connectivity index (χ3n) is 5.84. The van der Waals surface area contributed by atoms with Gasteiger partial charge in [-0.15, -0.1) is 0 Å². The Bertz CT molecular complexity index is 1060. The number of para-hydroxylation sites is 1. The molecule has 0 radical (unpaired) electrons. The van der Waals surface area contributed by atoms with Crippen molar-refractivity contribution >= 4 is 22.8 Å². The van der Waals surface area contributed by atoms with Crippen LogP contribution in [-0.4, -0.2) is 32.9 Å². The fourth-order valence-corrected chi connectivity index (χ4v) is 4.06. The predicted molar refractivity (Wildman–Crippen MR) is 106 cm³/mol. The van der Waals surface area contributed by atoms with E-state index in [1.165, 1.54) is 6.42 Å². The van der Waals surface area contributed by atoms with Crippen molar-refractivity contribution in [2.45, 2.75) is 45.1 Å². The molecule has 3 N–H and O–H groups in total. The molecule has 0 atom stereocenters. The first-order valence-corrected chi connectivity index (χ1v) is 9.58. The van der Waals surface area contributed by atoms with E-state index >= 15 is 0 Å². The summed E-state index contributed by atoms with van der Waals surface area (Å²) in [6, 6.07) is 7.95. The van der Waals surface area contributed by atoms with Crippen LogP contribution in [0, 0.1) is 6.92 Å². The Hall–Kier alpha value is -2.89. The number of carbonyl (C=O) groups excluding carboxylic acids is 1. The summed E-state index contributed by atoms with van der Waals surface area (Å²) >= 11 is 0. The number of aryl methyl sites for hydroxylation is 1. The Labute approximate surface area is 157 Å². The quantitative estimate of drug-likeness (QED) is 0.666. The highest BCUT2D eigenvalue weighted by Gasteiger charge is 2.32. The number of nitrogens with zero attached hydrogens (tertiary/aromatic N) is 2. The topological polar surface area (TPSA) is 82.7 Å². The average Bonchev–Trinajstić information content (AvgIpc) is 3.06. The highest BCUT2D eigenvalue weighted by molar-refractivity contribution is 5.99. The lowest BCUT2D eigenvalue weighted by Crippen LogP contribution is -2.42. The number of hydrogen-bond donors (Lipinski definition) is 3. The number of fused-ring (bicyclic) bond motifs is 2. The molecule has 27 heavy (non-hydrogen) atoms. The van der Waals surface area contributed by atoms with Gasteiger partial charge in [0.15, 0.2) is 0 Å². The molecule has 138 valence electrons. The maximum absolute atomic E-state index is 12.1. The minimum Gasteiger partial charge on any atom is -0.363 e. The summed E-state index contributed by atoms with van der Waals surface area (Å²) in [5.41, 5.74) is 6.37. The molecule has 6 heteroatoms. The largest absolute Gasteiger partial charge is 0.363 e. The predicted octanol–water partition coefficient (Wildman–Crippen LogP) is 3.57. The lowest BCUT2D eigenvalue weighted by molar-refractivity contribution is 0.0946. The summed E-state index contributed by atoms with van der Waals surface area (Å²) in [6.45, 7) is 4.92. The molecule has 1 saturated carbocycles. The van der Waals surface area contributed by atoms with Gasteiger partial charge in [-0.3, -0.25) is 4.79 Å². The van der Waals surface area contributed by atoms with Crippen LogP contribution in [-0.2, 0) is 6.42 Å². The van der Waals surface area contributed by atoms with Gasteiger partial charge in [0.2, 0.25) is 0 Å². The molecule has 3 heterocycles. The van der Waals surface area contributed by atoms with Crippen LogP contribution in [0.3, 0.4) is 0 Å². The lowest BCUT2D eigenvalue weighted by Gasteiger charge is -2.39. The molecule has 1 aromatic carbocycles. The molecule has 2 aromatic heterocycles. The van der Waals surface area contributed by atoms with Crippen LogP contribution in [0.25, 0.3) is 22.3 Å². The van der Waals surface area contributed by atoms with E-state index in [2.05, 4.69) is 22.5 Å². The normalized spacial score (nSPS) is 17.9. The summed E-state index contributed by atoms with van der Waals surface area (Å²) in [7, 11) is 0. The van der Waals surface area contributed by atoms with Crippen LogP contribution < -0.4 is 10.6 Å². The van der Waals surface area contributed by atoms with Gasteiger partial charge in [-0.2, -0.15) is 0 Å². The molecular formula is C21H23N5O. The number of aromatic nitrogens is 3. The van der Waals surface area contributed by atoms with E-state index in [9.17, 15) is 4.79 Å². The summed E-state index contributed by atoms with van der Waals surface area (Å²) < 4.78 is 0. The number of aromatic amines is 1. The van der Waals surface area contributed by atoms with Gasteiger partial charge in [-0.1, -0.05) is 12.1 Å². The van der Waals surface area contributed by atoms with Crippen LogP contribution >= 0.6 is 0 Å². The molecule has 2 aliphatic rings. The Morgan fingerprint density at radius 1 is 1.19 bits per heavy atom. The lowest BCUT2D eigenvalue weighted by atomic mass is 9.78. The van der Waals surface area contributed by atoms with Crippen molar-refractivity contribution in [3.05, 3.63) is 41.2 Å². The molecule has 0 spiro atoms. The zero-order chi connectivity index (χ0) is 18.6. The van der Waals surface area contributed by atoms with Gasteiger partial charge in [-0.25, -0.2) is 9.97 Å². The number of nitrogens with one attached hydrogen (secondary N) is 3. The van der Waals surface area contributed by atoms with Gasteiger partial charge < -0.3 is 15.6 Å². The SMILES string of the molecule is Cc1nc2cccc(-c3cc4c([nH]3)CCNC4=O)c2nc1NC1(C)CCC1. The molecule has 1 aliphatic heterocycles. The fourth-order valence-electron chi connectivity index (χ4n) is 4.06. The maximum atomic E-state index is 12.1. The van der Waals surface area contributed by atoms with Crippen LogP contribution in [0.15, 0.2) is 24.3 Å². The fraction of sp³-hybridized carbons (Fsp3) is 0.381. The second kappa shape index (κ2) is 5.81. The minimum absolute atomic E-state index is 0.0128. The molecule has 0 bridgehead atoms. The smallest absolute Gasteiger partial charge is 0.253 e. The van der Waals surface area contributed by atoms with Crippen LogP contribution in [0.1, 0.15) is 47.9 Å². The molecular weight excluding hydrogens is 338 g/mol. The Balaban J connectivity index is 1.63. The van der Waals surface area contributed by atoms with Crippen molar-refractivity contribution in [2.24, 2.45) is 0 Å². The first-order chi connectivity index (χ1) is 13.0. The third-order valence-corrected chi connectivity index (χ3v) is 5.84. The average molecular weight is 361 g/mol. The maximum Gasteiger partial charge on any atom is 0.253 e. The van der Waals surface area contributed by atoms with Crippen molar-refractivity contribution in [1.29, 1.82) is 0 Å². The summed E-state index contributed by atoms with van der Waals surface area (Å²) in [5.74, 6) is 0.840. The monoisotopic (exact) mass is 361 g/mol. The third kappa shape index (κ3) is 2.67. The van der Waals surface area contributed by atoms with Crippen LogP contribution in [0.2, 0.25) is 0 Å². The van der Waals surface area contributed by atoms with Crippen molar-refractivity contribution in [3.63, 3.8) is 0 Å². The number of amides is 1. The van der Waals surface area contributed by atoms with Gasteiger partial charge in [0.1, 0.15) is 11.3 Å². The zero-order valence-electron chi connectivity index (χ0n) is 15.6. The number of H-pyrrole nitrogens is 1. The van der Waals surface area contributed by atoms with Gasteiger partial charge >= 0.3 is 0 Å². The summed E-state index contributed by atoms with van der Waals surface area (Å²) in [6.07, 6.45) is 4.39. The number of benzene rings is 1. The highest BCUT2D eigenvalue weighted by Crippen LogP contribution is 2.36. The van der Waals surface area contributed by atoms with Crippen LogP contribution in [0.4, 0.5) is 5.82 Å². The van der Waals surface area contributed by atoms with E-state index in [1.54, 1.807) is 0 Å². The van der Waals surface area contributed by atoms with Crippen molar-refractivity contribution in [3.8, 4) is 11.3 Å². The Morgan fingerprint density at radius 2 is 2.04 bits per heavy atom. The van der Waals surface area contributed by atoms with Crippen LogP contribution in [0.5, 0.6) is 0 Å². The number of anilines is 1. The number of hydrogen-bond acceptors (Lipinski definition) is 4. The van der Waals surface area contributed by atoms with Gasteiger partial charge in [0.05, 0.1) is 16.8 Å². The molecule has 0 saturated heterocycles. The Kier molecular flexibility index (Phi) is 3.50. The molecule has 0 unspecified atom stereocenters. The highest BCUT2D eigenvalue weighted by atomic mass is 16.1. The Morgan fingerprint density at radius 3 is 2.78 bits per heavy atom. The van der Waals surface area contributed by atoms with E-state index in [-0.39, 0.29) is 11.4 Å². The van der Waals surface area contributed by atoms with E-state index in [4.69, 9.17) is 9.97 Å². The van der Waals surface area contributed by atoms with Gasteiger partial charge in [0, 0.05) is 35.5 Å². The van der Waals surface area contributed by atoms with Crippen molar-refractivity contribution in [1.82, 2.24) is 20.3 Å². The van der Waals surface area contributed by atoms with E-state index in [1.807, 2.05) is 31.2 Å². The molecule has 1 aliphatic carbocycles. The summed E-state index contributed by atoms with van der Waals surface area (Å²) in [4.78, 5) is 25.3. The van der Waals surface area contributed by atoms with Crippen molar-refractivity contribution in [2.75, 3.05) is 11.9 Å². The zero-order valence-corrected chi connectivity index (χ0v) is 15.6. The van der Waals surface area contributed by atoms with Crippen molar-refractivity contribution < 1.29 is 4.79 Å². The summed E-state index contributed by atoms with van der Waals surface area (Å²) in [5, 5.41) is 6.50. The minimum atomic E-state index is -0.0128. The van der Waals surface area contributed by atoms with Gasteiger partial charge in [-0.05, 0) is 45.2 Å². The molecule has 3 aromatic rings. The number of carbonyl (C=O) groups is 1. The first-order valence-electron chi connectivity index (χ1n) is 9.58. The second-order valence-electron chi connectivity index (χ2n) is 7.95. The molecule has 6 nitrogen and oxygen atoms in total.